The predicted molar refractivity (Wildman–Crippen MR) is 129 cm³/mol. The number of methoxy groups -OCH3 is 2. The SMILES string of the molecule is COc1ccc(OC)c(N(CC(=O)NC(c2ccccc2)c2cccc(C)c2)S(C)(=O)=O)c1. The number of amides is 1. The van der Waals surface area contributed by atoms with E-state index in [2.05, 4.69) is 5.32 Å². The van der Waals surface area contributed by atoms with Gasteiger partial charge in [0.15, 0.2) is 0 Å². The van der Waals surface area contributed by atoms with Crippen LogP contribution < -0.4 is 19.1 Å². The molecule has 33 heavy (non-hydrogen) atoms. The number of carbonyl (C=O) groups excluding carboxylic acids is 1. The van der Waals surface area contributed by atoms with Crippen LogP contribution in [0.3, 0.4) is 0 Å². The summed E-state index contributed by atoms with van der Waals surface area (Å²) in [6.45, 7) is 1.56. The fourth-order valence-corrected chi connectivity index (χ4v) is 4.42. The molecule has 1 atom stereocenters. The summed E-state index contributed by atoms with van der Waals surface area (Å²) in [4.78, 5) is 13.2. The Balaban J connectivity index is 1.95. The van der Waals surface area contributed by atoms with E-state index >= 15 is 0 Å². The zero-order chi connectivity index (χ0) is 24.0. The average Bonchev–Trinajstić information content (AvgIpc) is 2.80. The topological polar surface area (TPSA) is 84.9 Å². The maximum Gasteiger partial charge on any atom is 0.241 e. The first-order chi connectivity index (χ1) is 15.7. The number of sulfonamides is 1. The molecule has 0 heterocycles. The number of ether oxygens (including phenoxy) is 2. The van der Waals surface area contributed by atoms with Crippen LogP contribution >= 0.6 is 0 Å². The number of hydrogen-bond donors (Lipinski definition) is 1. The van der Waals surface area contributed by atoms with Crippen LogP contribution in [0.15, 0.2) is 72.8 Å². The molecule has 0 bridgehead atoms. The summed E-state index contributed by atoms with van der Waals surface area (Å²) in [5.74, 6) is 0.301. The summed E-state index contributed by atoms with van der Waals surface area (Å²) in [6, 6.07) is 21.7. The Morgan fingerprint density at radius 2 is 1.64 bits per heavy atom. The van der Waals surface area contributed by atoms with Gasteiger partial charge in [-0.15, -0.1) is 0 Å². The first kappa shape index (κ1) is 24.1. The second kappa shape index (κ2) is 10.4. The van der Waals surface area contributed by atoms with Crippen LogP contribution in [-0.4, -0.2) is 41.3 Å². The third-order valence-electron chi connectivity index (χ3n) is 5.16. The molecule has 3 aromatic carbocycles. The molecule has 174 valence electrons. The lowest BCUT2D eigenvalue weighted by molar-refractivity contribution is -0.120. The molecule has 8 heteroatoms. The van der Waals surface area contributed by atoms with Crippen molar-refractivity contribution in [1.29, 1.82) is 0 Å². The zero-order valence-corrected chi connectivity index (χ0v) is 19.9. The van der Waals surface area contributed by atoms with Crippen molar-refractivity contribution in [3.05, 3.63) is 89.5 Å². The molecule has 1 N–H and O–H groups in total. The van der Waals surface area contributed by atoms with Gasteiger partial charge in [-0.25, -0.2) is 8.42 Å². The Labute approximate surface area is 195 Å². The van der Waals surface area contributed by atoms with E-state index in [0.29, 0.717) is 11.5 Å². The molecule has 0 spiro atoms. The van der Waals surface area contributed by atoms with Crippen LogP contribution in [0.5, 0.6) is 11.5 Å². The van der Waals surface area contributed by atoms with E-state index in [1.807, 2.05) is 61.5 Å². The molecule has 3 aromatic rings. The molecule has 0 aliphatic carbocycles. The largest absolute Gasteiger partial charge is 0.497 e. The lowest BCUT2D eigenvalue weighted by Crippen LogP contribution is -2.42. The van der Waals surface area contributed by atoms with E-state index in [0.717, 1.165) is 27.3 Å². The third-order valence-corrected chi connectivity index (χ3v) is 6.28. The highest BCUT2D eigenvalue weighted by Gasteiger charge is 2.26. The van der Waals surface area contributed by atoms with Gasteiger partial charge in [0.05, 0.1) is 32.2 Å². The minimum Gasteiger partial charge on any atom is -0.497 e. The minimum atomic E-state index is -3.81. The van der Waals surface area contributed by atoms with Crippen LogP contribution in [-0.2, 0) is 14.8 Å². The standard InChI is InChI=1S/C25H28N2O5S/c1-18-9-8-12-20(15-18)25(19-10-6-5-7-11-19)26-24(28)17-27(33(4,29)30)22-16-21(31-2)13-14-23(22)32-3/h5-16,25H,17H2,1-4H3,(H,26,28). The van der Waals surface area contributed by atoms with Gasteiger partial charge in [0.1, 0.15) is 18.0 Å². The van der Waals surface area contributed by atoms with Crippen molar-refractivity contribution in [2.75, 3.05) is 31.3 Å². The highest BCUT2D eigenvalue weighted by molar-refractivity contribution is 7.92. The summed E-state index contributed by atoms with van der Waals surface area (Å²) in [7, 11) is -0.884. The van der Waals surface area contributed by atoms with Gasteiger partial charge in [-0.3, -0.25) is 9.10 Å². The summed E-state index contributed by atoms with van der Waals surface area (Å²) in [5.41, 5.74) is 3.07. The smallest absolute Gasteiger partial charge is 0.241 e. The Morgan fingerprint density at radius 3 is 2.24 bits per heavy atom. The molecule has 0 radical (unpaired) electrons. The summed E-state index contributed by atoms with van der Waals surface area (Å²) in [6.07, 6.45) is 1.05. The number of hydrogen-bond acceptors (Lipinski definition) is 5. The van der Waals surface area contributed by atoms with Crippen molar-refractivity contribution in [3.63, 3.8) is 0 Å². The van der Waals surface area contributed by atoms with E-state index in [-0.39, 0.29) is 5.69 Å². The Morgan fingerprint density at radius 1 is 0.939 bits per heavy atom. The molecule has 0 saturated carbocycles. The minimum absolute atomic E-state index is 0.223. The van der Waals surface area contributed by atoms with Gasteiger partial charge in [-0.2, -0.15) is 0 Å². The van der Waals surface area contributed by atoms with Gasteiger partial charge in [0, 0.05) is 6.07 Å². The number of nitrogens with zero attached hydrogens (tertiary/aromatic N) is 1. The number of rotatable bonds is 9. The fraction of sp³-hybridized carbons (Fsp3) is 0.240. The highest BCUT2D eigenvalue weighted by atomic mass is 32.2. The molecule has 0 saturated heterocycles. The van der Waals surface area contributed by atoms with Gasteiger partial charge in [-0.1, -0.05) is 60.2 Å². The van der Waals surface area contributed by atoms with Gasteiger partial charge in [0.25, 0.3) is 0 Å². The Kier molecular flexibility index (Phi) is 7.60. The first-order valence-corrected chi connectivity index (χ1v) is 12.2. The maximum absolute atomic E-state index is 13.2. The second-order valence-corrected chi connectivity index (χ2v) is 9.54. The number of carbonyl (C=O) groups is 1. The predicted octanol–water partition coefficient (Wildman–Crippen LogP) is 3.68. The maximum atomic E-state index is 13.2. The molecule has 3 rings (SSSR count). The summed E-state index contributed by atoms with van der Waals surface area (Å²) < 4.78 is 36.9. The van der Waals surface area contributed by atoms with Gasteiger partial charge in [0.2, 0.25) is 15.9 Å². The Bertz CT molecular complexity index is 1210. The van der Waals surface area contributed by atoms with Crippen LogP contribution in [0.4, 0.5) is 5.69 Å². The number of aryl methyl sites for hydroxylation is 1. The van der Waals surface area contributed by atoms with E-state index in [9.17, 15) is 13.2 Å². The second-order valence-electron chi connectivity index (χ2n) is 7.63. The van der Waals surface area contributed by atoms with E-state index in [4.69, 9.17) is 9.47 Å². The van der Waals surface area contributed by atoms with Crippen LogP contribution in [0.1, 0.15) is 22.7 Å². The quantitative estimate of drug-likeness (QED) is 0.518. The fourth-order valence-electron chi connectivity index (χ4n) is 3.56. The number of nitrogens with one attached hydrogen (secondary N) is 1. The van der Waals surface area contributed by atoms with E-state index in [1.54, 1.807) is 12.1 Å². The van der Waals surface area contributed by atoms with Crippen molar-refractivity contribution in [1.82, 2.24) is 5.32 Å². The van der Waals surface area contributed by atoms with Crippen LogP contribution in [0.25, 0.3) is 0 Å². The molecule has 7 nitrogen and oxygen atoms in total. The van der Waals surface area contributed by atoms with Crippen molar-refractivity contribution in [2.45, 2.75) is 13.0 Å². The third kappa shape index (κ3) is 6.04. The number of anilines is 1. The van der Waals surface area contributed by atoms with Crippen molar-refractivity contribution >= 4 is 21.6 Å². The van der Waals surface area contributed by atoms with Gasteiger partial charge < -0.3 is 14.8 Å². The van der Waals surface area contributed by atoms with E-state index in [1.165, 1.54) is 20.3 Å². The first-order valence-electron chi connectivity index (χ1n) is 10.3. The van der Waals surface area contributed by atoms with Gasteiger partial charge in [-0.05, 0) is 30.2 Å². The van der Waals surface area contributed by atoms with Crippen molar-refractivity contribution in [2.24, 2.45) is 0 Å². The van der Waals surface area contributed by atoms with Crippen LogP contribution in [0.2, 0.25) is 0 Å². The summed E-state index contributed by atoms with van der Waals surface area (Å²) in [5, 5.41) is 3.00. The average molecular weight is 469 g/mol. The molecule has 0 fully saturated rings. The molecular formula is C25H28N2O5S. The normalized spacial score (nSPS) is 12.0. The zero-order valence-electron chi connectivity index (χ0n) is 19.1. The van der Waals surface area contributed by atoms with Crippen molar-refractivity contribution in [3.8, 4) is 11.5 Å². The molecular weight excluding hydrogens is 440 g/mol. The molecule has 0 aromatic heterocycles. The van der Waals surface area contributed by atoms with Gasteiger partial charge >= 0.3 is 0 Å². The molecule has 1 amide bonds. The lowest BCUT2D eigenvalue weighted by atomic mass is 9.97. The number of benzene rings is 3. The van der Waals surface area contributed by atoms with E-state index < -0.39 is 28.5 Å². The molecule has 0 aliphatic rings. The summed E-state index contributed by atoms with van der Waals surface area (Å²) >= 11 is 0. The Hall–Kier alpha value is -3.52. The molecule has 1 unspecified atom stereocenters. The highest BCUT2D eigenvalue weighted by Crippen LogP contribution is 2.33. The van der Waals surface area contributed by atoms with Crippen LogP contribution in [0, 0.1) is 6.92 Å². The molecule has 0 aliphatic heterocycles. The lowest BCUT2D eigenvalue weighted by Gasteiger charge is -2.26. The monoisotopic (exact) mass is 468 g/mol. The van der Waals surface area contributed by atoms with Crippen molar-refractivity contribution < 1.29 is 22.7 Å².